The molecule has 0 aliphatic carbocycles. The zero-order valence-corrected chi connectivity index (χ0v) is 15.5. The molecule has 7 nitrogen and oxygen atoms in total. The molecule has 1 aromatic heterocycles. The van der Waals surface area contributed by atoms with E-state index in [1.807, 2.05) is 31.2 Å². The fourth-order valence-corrected chi connectivity index (χ4v) is 2.93. The van der Waals surface area contributed by atoms with Crippen molar-refractivity contribution in [2.75, 3.05) is 20.2 Å². The molecule has 2 atom stereocenters. The maximum Gasteiger partial charge on any atom is 0.274 e. The molecule has 1 aliphatic heterocycles. The molecule has 2 heterocycles. The average molecular weight is 366 g/mol. The first kappa shape index (κ1) is 19.2. The Morgan fingerprint density at radius 3 is 2.72 bits per heavy atom. The van der Waals surface area contributed by atoms with Gasteiger partial charge in [-0.15, -0.1) is 17.5 Å². The lowest BCUT2D eigenvalue weighted by Crippen LogP contribution is -2.50. The molecule has 25 heavy (non-hydrogen) atoms. The van der Waals surface area contributed by atoms with E-state index in [-0.39, 0.29) is 24.4 Å². The van der Waals surface area contributed by atoms with E-state index in [2.05, 4.69) is 27.9 Å². The Bertz CT molecular complexity index is 716. The van der Waals surface area contributed by atoms with Crippen molar-refractivity contribution in [3.8, 4) is 11.4 Å². The van der Waals surface area contributed by atoms with Crippen LogP contribution in [0.5, 0.6) is 5.75 Å². The third-order valence-corrected chi connectivity index (χ3v) is 4.57. The highest BCUT2D eigenvalue weighted by molar-refractivity contribution is 5.93. The number of amides is 1. The van der Waals surface area contributed by atoms with Crippen molar-refractivity contribution in [1.82, 2.24) is 25.6 Å². The molecule has 1 aromatic carbocycles. The second kappa shape index (κ2) is 8.31. The molecule has 1 aliphatic rings. The van der Waals surface area contributed by atoms with Crippen molar-refractivity contribution in [3.63, 3.8) is 0 Å². The molecule has 1 amide bonds. The van der Waals surface area contributed by atoms with Crippen molar-refractivity contribution in [2.24, 2.45) is 5.92 Å². The predicted molar refractivity (Wildman–Crippen MR) is 97.8 cm³/mol. The fraction of sp³-hybridized carbons (Fsp3) is 0.471. The van der Waals surface area contributed by atoms with Crippen LogP contribution >= 0.6 is 12.4 Å². The maximum atomic E-state index is 12.5. The Balaban J connectivity index is 0.00000225. The Morgan fingerprint density at radius 1 is 1.36 bits per heavy atom. The summed E-state index contributed by atoms with van der Waals surface area (Å²) < 4.78 is 6.82. The van der Waals surface area contributed by atoms with Crippen LogP contribution in [0.15, 0.2) is 24.3 Å². The van der Waals surface area contributed by atoms with Gasteiger partial charge in [0, 0.05) is 12.6 Å². The molecule has 136 valence electrons. The number of halogens is 1. The van der Waals surface area contributed by atoms with Crippen molar-refractivity contribution in [2.45, 2.75) is 26.3 Å². The van der Waals surface area contributed by atoms with Crippen LogP contribution in [0.3, 0.4) is 0 Å². The van der Waals surface area contributed by atoms with Gasteiger partial charge in [0.1, 0.15) is 5.75 Å². The summed E-state index contributed by atoms with van der Waals surface area (Å²) in [5, 5.41) is 14.6. The first-order chi connectivity index (χ1) is 11.6. The summed E-state index contributed by atoms with van der Waals surface area (Å²) in [5.41, 5.74) is 1.92. The second-order valence-corrected chi connectivity index (χ2v) is 6.18. The minimum atomic E-state index is -0.173. The Kier molecular flexibility index (Phi) is 6.39. The van der Waals surface area contributed by atoms with Crippen LogP contribution in [0.1, 0.15) is 29.5 Å². The summed E-state index contributed by atoms with van der Waals surface area (Å²) in [6, 6.07) is 7.60. The number of hydrogen-bond donors (Lipinski definition) is 2. The van der Waals surface area contributed by atoms with Crippen LogP contribution in [0.25, 0.3) is 5.69 Å². The lowest BCUT2D eigenvalue weighted by atomic mass is 9.95. The second-order valence-electron chi connectivity index (χ2n) is 6.18. The summed E-state index contributed by atoms with van der Waals surface area (Å²) in [6.45, 7) is 5.80. The Labute approximate surface area is 153 Å². The normalized spacial score (nSPS) is 19.8. The summed E-state index contributed by atoms with van der Waals surface area (Å²) >= 11 is 0. The van der Waals surface area contributed by atoms with Crippen LogP contribution < -0.4 is 15.4 Å². The van der Waals surface area contributed by atoms with E-state index in [0.717, 1.165) is 30.9 Å². The van der Waals surface area contributed by atoms with E-state index < -0.39 is 0 Å². The molecule has 0 bridgehead atoms. The van der Waals surface area contributed by atoms with E-state index >= 15 is 0 Å². The molecule has 8 heteroatoms. The van der Waals surface area contributed by atoms with Crippen molar-refractivity contribution in [1.29, 1.82) is 0 Å². The number of methoxy groups -OCH3 is 1. The maximum absolute atomic E-state index is 12.5. The number of piperidine rings is 1. The Morgan fingerprint density at radius 2 is 2.08 bits per heavy atom. The molecular weight excluding hydrogens is 342 g/mol. The van der Waals surface area contributed by atoms with Gasteiger partial charge in [0.2, 0.25) is 0 Å². The first-order valence-electron chi connectivity index (χ1n) is 8.18. The lowest BCUT2D eigenvalue weighted by molar-refractivity contribution is 0.0909. The largest absolute Gasteiger partial charge is 0.497 e. The highest BCUT2D eigenvalue weighted by Gasteiger charge is 2.25. The molecule has 2 unspecified atom stereocenters. The average Bonchev–Trinajstić information content (AvgIpc) is 2.98. The van der Waals surface area contributed by atoms with Gasteiger partial charge in [-0.1, -0.05) is 12.1 Å². The summed E-state index contributed by atoms with van der Waals surface area (Å²) in [4.78, 5) is 12.5. The van der Waals surface area contributed by atoms with Crippen molar-refractivity contribution >= 4 is 18.3 Å². The minimum absolute atomic E-state index is 0. The summed E-state index contributed by atoms with van der Waals surface area (Å²) in [6.07, 6.45) is 1.06. The Hall–Kier alpha value is -2.12. The molecule has 2 aromatic rings. The topological polar surface area (TPSA) is 81.1 Å². The number of nitrogens with one attached hydrogen (secondary N) is 2. The van der Waals surface area contributed by atoms with Gasteiger partial charge in [-0.25, -0.2) is 4.68 Å². The van der Waals surface area contributed by atoms with E-state index in [1.54, 1.807) is 11.8 Å². The molecule has 1 saturated heterocycles. The van der Waals surface area contributed by atoms with Gasteiger partial charge in [-0.3, -0.25) is 4.79 Å². The number of carbonyl (C=O) groups is 1. The number of ether oxygens (including phenoxy) is 1. The zero-order chi connectivity index (χ0) is 17.1. The predicted octanol–water partition coefficient (Wildman–Crippen LogP) is 1.73. The number of benzene rings is 1. The van der Waals surface area contributed by atoms with Crippen molar-refractivity contribution in [3.05, 3.63) is 35.7 Å². The van der Waals surface area contributed by atoms with Gasteiger partial charge < -0.3 is 15.4 Å². The van der Waals surface area contributed by atoms with Crippen LogP contribution in [0, 0.1) is 12.8 Å². The monoisotopic (exact) mass is 365 g/mol. The lowest BCUT2D eigenvalue weighted by Gasteiger charge is -2.29. The van der Waals surface area contributed by atoms with Gasteiger partial charge >= 0.3 is 0 Å². The van der Waals surface area contributed by atoms with Crippen molar-refractivity contribution < 1.29 is 9.53 Å². The van der Waals surface area contributed by atoms with Crippen LogP contribution in [0.2, 0.25) is 0 Å². The zero-order valence-electron chi connectivity index (χ0n) is 14.7. The third-order valence-electron chi connectivity index (χ3n) is 4.57. The van der Waals surface area contributed by atoms with Crippen LogP contribution in [-0.2, 0) is 0 Å². The molecule has 0 spiro atoms. The van der Waals surface area contributed by atoms with Gasteiger partial charge in [-0.05, 0) is 50.1 Å². The fourth-order valence-electron chi connectivity index (χ4n) is 2.93. The molecule has 0 saturated carbocycles. The quantitative estimate of drug-likeness (QED) is 0.862. The minimum Gasteiger partial charge on any atom is -0.497 e. The SMILES string of the molecule is COc1ccc(-n2nnc(C(=O)NC3CNCCC3C)c2C)cc1.Cl. The van der Waals surface area contributed by atoms with Crippen LogP contribution in [0.4, 0.5) is 0 Å². The highest BCUT2D eigenvalue weighted by atomic mass is 35.5. The first-order valence-corrected chi connectivity index (χ1v) is 8.18. The highest BCUT2D eigenvalue weighted by Crippen LogP contribution is 2.17. The molecule has 3 rings (SSSR count). The van der Waals surface area contributed by atoms with E-state index in [1.165, 1.54) is 0 Å². The third kappa shape index (κ3) is 4.11. The van der Waals surface area contributed by atoms with Gasteiger partial charge in [0.05, 0.1) is 18.5 Å². The molecule has 0 radical (unpaired) electrons. The number of nitrogens with zero attached hydrogens (tertiary/aromatic N) is 3. The van der Waals surface area contributed by atoms with Gasteiger partial charge in [-0.2, -0.15) is 0 Å². The van der Waals surface area contributed by atoms with E-state index in [4.69, 9.17) is 4.74 Å². The summed E-state index contributed by atoms with van der Waals surface area (Å²) in [7, 11) is 1.62. The number of rotatable bonds is 4. The summed E-state index contributed by atoms with van der Waals surface area (Å²) in [5.74, 6) is 1.05. The van der Waals surface area contributed by atoms with Crippen LogP contribution in [-0.4, -0.2) is 47.1 Å². The number of carbonyl (C=O) groups excluding carboxylic acids is 1. The number of aromatic nitrogens is 3. The van der Waals surface area contributed by atoms with Gasteiger partial charge in [0.25, 0.3) is 5.91 Å². The molecular formula is C17H24ClN5O2. The van der Waals surface area contributed by atoms with E-state index in [0.29, 0.717) is 17.3 Å². The van der Waals surface area contributed by atoms with E-state index in [9.17, 15) is 4.79 Å². The smallest absolute Gasteiger partial charge is 0.274 e. The van der Waals surface area contributed by atoms with Gasteiger partial charge in [0.15, 0.2) is 5.69 Å². The standard InChI is InChI=1S/C17H23N5O2.ClH/c1-11-8-9-18-10-15(11)19-17(23)16-12(2)22(21-20-16)13-4-6-14(24-3)7-5-13;/h4-7,11,15,18H,8-10H2,1-3H3,(H,19,23);1H. The molecule has 2 N–H and O–H groups in total. The number of hydrogen-bond acceptors (Lipinski definition) is 5. The molecule has 1 fully saturated rings.